The Morgan fingerprint density at radius 1 is 1.24 bits per heavy atom. The summed E-state index contributed by atoms with van der Waals surface area (Å²) in [7, 11) is 0. The summed E-state index contributed by atoms with van der Waals surface area (Å²) in [6.07, 6.45) is 0.751. The van der Waals surface area contributed by atoms with E-state index in [1.807, 2.05) is 37.3 Å². The zero-order valence-corrected chi connectivity index (χ0v) is 12.7. The van der Waals surface area contributed by atoms with E-state index < -0.39 is 0 Å². The molecule has 0 bridgehead atoms. The van der Waals surface area contributed by atoms with Crippen molar-refractivity contribution < 1.29 is 9.32 Å². The van der Waals surface area contributed by atoms with Crippen LogP contribution in [-0.4, -0.2) is 16.0 Å². The van der Waals surface area contributed by atoms with Crippen molar-refractivity contribution in [2.24, 2.45) is 5.92 Å². The lowest BCUT2D eigenvalue weighted by Crippen LogP contribution is -2.27. The third-order valence-corrected chi connectivity index (χ3v) is 3.21. The van der Waals surface area contributed by atoms with E-state index in [-0.39, 0.29) is 18.4 Å². The molecule has 21 heavy (non-hydrogen) atoms. The van der Waals surface area contributed by atoms with Gasteiger partial charge >= 0.3 is 0 Å². The Morgan fingerprint density at radius 3 is 2.62 bits per heavy atom. The molecule has 5 heteroatoms. The standard InChI is InChI=1S/C16H21N3O2/c1-11(2)9-15-18-14(19-21-15)10-17-16(20)12(3)13-7-5-4-6-8-13/h4-8,11-12H,9-10H2,1-3H3,(H,17,20). The fourth-order valence-electron chi connectivity index (χ4n) is 2.01. The normalized spacial score (nSPS) is 12.4. The number of carbonyl (C=O) groups is 1. The molecule has 0 spiro atoms. The Labute approximate surface area is 124 Å². The molecule has 5 nitrogen and oxygen atoms in total. The van der Waals surface area contributed by atoms with Crippen molar-refractivity contribution in [2.45, 2.75) is 39.7 Å². The molecule has 1 aromatic heterocycles. The maximum atomic E-state index is 12.1. The zero-order chi connectivity index (χ0) is 15.2. The lowest BCUT2D eigenvalue weighted by Gasteiger charge is -2.11. The van der Waals surface area contributed by atoms with E-state index in [2.05, 4.69) is 29.3 Å². The van der Waals surface area contributed by atoms with Gasteiger partial charge in [-0.05, 0) is 18.4 Å². The fourth-order valence-corrected chi connectivity index (χ4v) is 2.01. The van der Waals surface area contributed by atoms with Crippen LogP contribution in [0, 0.1) is 5.92 Å². The van der Waals surface area contributed by atoms with Crippen molar-refractivity contribution in [2.75, 3.05) is 0 Å². The minimum Gasteiger partial charge on any atom is -0.348 e. The molecule has 0 radical (unpaired) electrons. The highest BCUT2D eigenvalue weighted by molar-refractivity contribution is 5.83. The van der Waals surface area contributed by atoms with Gasteiger partial charge in [0.15, 0.2) is 5.82 Å². The van der Waals surface area contributed by atoms with Gasteiger partial charge in [-0.15, -0.1) is 0 Å². The van der Waals surface area contributed by atoms with Gasteiger partial charge in [0, 0.05) is 6.42 Å². The molecule has 112 valence electrons. The van der Waals surface area contributed by atoms with Gasteiger partial charge in [-0.2, -0.15) is 4.98 Å². The minimum atomic E-state index is -0.201. The predicted molar refractivity (Wildman–Crippen MR) is 79.5 cm³/mol. The molecule has 0 saturated heterocycles. The first-order chi connectivity index (χ1) is 10.1. The number of hydrogen-bond acceptors (Lipinski definition) is 4. The number of nitrogens with one attached hydrogen (secondary N) is 1. The number of carbonyl (C=O) groups excluding carboxylic acids is 1. The van der Waals surface area contributed by atoms with Crippen LogP contribution in [0.3, 0.4) is 0 Å². The molecular weight excluding hydrogens is 266 g/mol. The van der Waals surface area contributed by atoms with Gasteiger partial charge < -0.3 is 9.84 Å². The van der Waals surface area contributed by atoms with E-state index >= 15 is 0 Å². The predicted octanol–water partition coefficient (Wildman–Crippen LogP) is 2.69. The van der Waals surface area contributed by atoms with Crippen LogP contribution in [0.4, 0.5) is 0 Å². The van der Waals surface area contributed by atoms with Crippen molar-refractivity contribution in [1.29, 1.82) is 0 Å². The molecule has 2 aromatic rings. The Morgan fingerprint density at radius 2 is 1.95 bits per heavy atom. The second kappa shape index (κ2) is 7.02. The summed E-state index contributed by atoms with van der Waals surface area (Å²) in [6.45, 7) is 6.35. The van der Waals surface area contributed by atoms with E-state index in [4.69, 9.17) is 4.52 Å². The Kier molecular flexibility index (Phi) is 5.09. The van der Waals surface area contributed by atoms with Crippen molar-refractivity contribution >= 4 is 5.91 Å². The molecule has 0 aliphatic carbocycles. The van der Waals surface area contributed by atoms with Crippen molar-refractivity contribution in [3.63, 3.8) is 0 Å². The van der Waals surface area contributed by atoms with Crippen LogP contribution >= 0.6 is 0 Å². The number of amides is 1. The van der Waals surface area contributed by atoms with Crippen molar-refractivity contribution in [3.05, 3.63) is 47.6 Å². The van der Waals surface area contributed by atoms with Crippen LogP contribution in [0.15, 0.2) is 34.9 Å². The molecule has 1 amide bonds. The molecule has 1 atom stereocenters. The van der Waals surface area contributed by atoms with Gasteiger partial charge in [0.1, 0.15) is 0 Å². The van der Waals surface area contributed by atoms with Gasteiger partial charge in [-0.3, -0.25) is 4.79 Å². The molecule has 1 aromatic carbocycles. The summed E-state index contributed by atoms with van der Waals surface area (Å²) in [4.78, 5) is 16.4. The van der Waals surface area contributed by atoms with Crippen molar-refractivity contribution in [3.8, 4) is 0 Å². The summed E-state index contributed by atoms with van der Waals surface area (Å²) in [5.41, 5.74) is 0.989. The zero-order valence-electron chi connectivity index (χ0n) is 12.7. The van der Waals surface area contributed by atoms with E-state index in [0.717, 1.165) is 12.0 Å². The van der Waals surface area contributed by atoms with Gasteiger partial charge in [-0.1, -0.05) is 49.3 Å². The minimum absolute atomic E-state index is 0.0450. The molecule has 1 heterocycles. The molecule has 0 aliphatic rings. The van der Waals surface area contributed by atoms with Crippen LogP contribution in [0.1, 0.15) is 44.0 Å². The number of aromatic nitrogens is 2. The average molecular weight is 287 g/mol. The second-order valence-corrected chi connectivity index (χ2v) is 5.55. The maximum Gasteiger partial charge on any atom is 0.227 e. The molecule has 0 aliphatic heterocycles. The summed E-state index contributed by atoms with van der Waals surface area (Å²) in [5.74, 6) is 1.35. The van der Waals surface area contributed by atoms with Crippen LogP contribution in [0.2, 0.25) is 0 Å². The first kappa shape index (κ1) is 15.2. The first-order valence-corrected chi connectivity index (χ1v) is 7.20. The molecule has 0 fully saturated rings. The molecule has 1 N–H and O–H groups in total. The van der Waals surface area contributed by atoms with E-state index in [1.165, 1.54) is 0 Å². The van der Waals surface area contributed by atoms with Gasteiger partial charge in [0.05, 0.1) is 12.5 Å². The van der Waals surface area contributed by atoms with E-state index in [0.29, 0.717) is 17.6 Å². The highest BCUT2D eigenvalue weighted by atomic mass is 16.5. The lowest BCUT2D eigenvalue weighted by molar-refractivity contribution is -0.122. The van der Waals surface area contributed by atoms with E-state index in [9.17, 15) is 4.79 Å². The quantitative estimate of drug-likeness (QED) is 0.887. The Hall–Kier alpha value is -2.17. The van der Waals surface area contributed by atoms with Crippen LogP contribution < -0.4 is 5.32 Å². The SMILES string of the molecule is CC(C)Cc1nc(CNC(=O)C(C)c2ccccc2)no1. The average Bonchev–Trinajstić information content (AvgIpc) is 2.91. The van der Waals surface area contributed by atoms with E-state index in [1.54, 1.807) is 0 Å². The smallest absolute Gasteiger partial charge is 0.227 e. The number of hydrogen-bond donors (Lipinski definition) is 1. The largest absolute Gasteiger partial charge is 0.348 e. The van der Waals surface area contributed by atoms with Gasteiger partial charge in [0.25, 0.3) is 0 Å². The fraction of sp³-hybridized carbons (Fsp3) is 0.438. The monoisotopic (exact) mass is 287 g/mol. The summed E-state index contributed by atoms with van der Waals surface area (Å²) < 4.78 is 5.14. The third-order valence-electron chi connectivity index (χ3n) is 3.21. The topological polar surface area (TPSA) is 68.0 Å². The highest BCUT2D eigenvalue weighted by Crippen LogP contribution is 2.14. The van der Waals surface area contributed by atoms with Crippen LogP contribution in [-0.2, 0) is 17.8 Å². The first-order valence-electron chi connectivity index (χ1n) is 7.20. The third kappa shape index (κ3) is 4.41. The van der Waals surface area contributed by atoms with Crippen LogP contribution in [0.25, 0.3) is 0 Å². The summed E-state index contributed by atoms with van der Waals surface area (Å²) >= 11 is 0. The number of nitrogens with zero attached hydrogens (tertiary/aromatic N) is 2. The Balaban J connectivity index is 1.88. The number of rotatable bonds is 6. The lowest BCUT2D eigenvalue weighted by atomic mass is 10.0. The second-order valence-electron chi connectivity index (χ2n) is 5.55. The maximum absolute atomic E-state index is 12.1. The van der Waals surface area contributed by atoms with Crippen LogP contribution in [0.5, 0.6) is 0 Å². The number of benzene rings is 1. The van der Waals surface area contributed by atoms with Crippen molar-refractivity contribution in [1.82, 2.24) is 15.5 Å². The summed E-state index contributed by atoms with van der Waals surface area (Å²) in [6, 6.07) is 9.68. The summed E-state index contributed by atoms with van der Waals surface area (Å²) in [5, 5.41) is 6.71. The molecule has 1 unspecified atom stereocenters. The van der Waals surface area contributed by atoms with Gasteiger partial charge in [-0.25, -0.2) is 0 Å². The molecular formula is C16H21N3O2. The van der Waals surface area contributed by atoms with Gasteiger partial charge in [0.2, 0.25) is 11.8 Å². The molecule has 0 saturated carbocycles. The highest BCUT2D eigenvalue weighted by Gasteiger charge is 2.15. The Bertz CT molecular complexity index is 578. The molecule has 2 rings (SSSR count).